The van der Waals surface area contributed by atoms with E-state index in [2.05, 4.69) is 9.78 Å². The van der Waals surface area contributed by atoms with Crippen molar-refractivity contribution in [3.05, 3.63) is 0 Å². The second-order valence-electron chi connectivity index (χ2n) is 2.34. The van der Waals surface area contributed by atoms with Gasteiger partial charge < -0.3 is 5.73 Å². The SMILES string of the molecule is COOC(=O)C(N)C(C)C. The molecule has 1 atom stereocenters. The van der Waals surface area contributed by atoms with Gasteiger partial charge in [0.2, 0.25) is 0 Å². The zero-order chi connectivity index (χ0) is 8.15. The fourth-order valence-electron chi connectivity index (χ4n) is 0.410. The molecule has 0 amide bonds. The molecular weight excluding hydrogens is 134 g/mol. The summed E-state index contributed by atoms with van der Waals surface area (Å²) in [7, 11) is 1.27. The molecule has 0 aromatic rings. The minimum Gasteiger partial charge on any atom is -0.318 e. The standard InChI is InChI=1S/C6H13NO3/c1-4(2)5(7)6(8)10-9-3/h4-5H,7H2,1-3H3. The Bertz CT molecular complexity index is 114. The lowest BCUT2D eigenvalue weighted by atomic mass is 10.1. The largest absolute Gasteiger partial charge is 0.359 e. The van der Waals surface area contributed by atoms with Gasteiger partial charge in [-0.15, -0.1) is 0 Å². The van der Waals surface area contributed by atoms with Gasteiger partial charge in [-0.3, -0.25) is 4.89 Å². The summed E-state index contributed by atoms with van der Waals surface area (Å²) in [6.45, 7) is 3.67. The Kier molecular flexibility index (Phi) is 3.99. The highest BCUT2D eigenvalue weighted by Crippen LogP contribution is 1.99. The number of hydrogen-bond acceptors (Lipinski definition) is 4. The summed E-state index contributed by atoms with van der Waals surface area (Å²) in [6, 6.07) is -0.597. The number of carbonyl (C=O) groups excluding carboxylic acids is 1. The van der Waals surface area contributed by atoms with Gasteiger partial charge in [0, 0.05) is 0 Å². The molecule has 1 unspecified atom stereocenters. The zero-order valence-electron chi connectivity index (χ0n) is 6.46. The molecule has 0 aromatic carbocycles. The Morgan fingerprint density at radius 1 is 1.50 bits per heavy atom. The predicted octanol–water partition coefficient (Wildman–Crippen LogP) is 0.0743. The van der Waals surface area contributed by atoms with Crippen LogP contribution in [-0.2, 0) is 14.6 Å². The second-order valence-corrected chi connectivity index (χ2v) is 2.34. The van der Waals surface area contributed by atoms with Crippen LogP contribution in [0.25, 0.3) is 0 Å². The van der Waals surface area contributed by atoms with E-state index in [0.29, 0.717) is 0 Å². The topological polar surface area (TPSA) is 61.5 Å². The molecule has 0 radical (unpaired) electrons. The first-order chi connectivity index (χ1) is 4.59. The van der Waals surface area contributed by atoms with Gasteiger partial charge in [0.1, 0.15) is 6.04 Å². The first-order valence-electron chi connectivity index (χ1n) is 3.09. The Labute approximate surface area is 60.2 Å². The monoisotopic (exact) mass is 147 g/mol. The lowest BCUT2D eigenvalue weighted by Crippen LogP contribution is -2.36. The van der Waals surface area contributed by atoms with E-state index in [1.165, 1.54) is 7.11 Å². The molecule has 0 fully saturated rings. The summed E-state index contributed by atoms with van der Waals surface area (Å²) in [4.78, 5) is 19.1. The Hall–Kier alpha value is -0.610. The summed E-state index contributed by atoms with van der Waals surface area (Å²) in [5.74, 6) is -0.458. The molecule has 60 valence electrons. The molecule has 10 heavy (non-hydrogen) atoms. The fourth-order valence-corrected chi connectivity index (χ4v) is 0.410. The van der Waals surface area contributed by atoms with E-state index in [4.69, 9.17) is 5.73 Å². The number of nitrogens with two attached hydrogens (primary N) is 1. The van der Waals surface area contributed by atoms with E-state index < -0.39 is 12.0 Å². The molecule has 4 heteroatoms. The fraction of sp³-hybridized carbons (Fsp3) is 0.833. The molecule has 0 aliphatic carbocycles. The molecule has 0 bridgehead atoms. The molecule has 0 aromatic heterocycles. The molecule has 0 saturated heterocycles. The summed E-state index contributed by atoms with van der Waals surface area (Å²) >= 11 is 0. The maximum atomic E-state index is 10.7. The van der Waals surface area contributed by atoms with E-state index in [9.17, 15) is 4.79 Å². The summed E-state index contributed by atoms with van der Waals surface area (Å²) in [5, 5.41) is 0. The summed E-state index contributed by atoms with van der Waals surface area (Å²) < 4.78 is 0. The maximum Gasteiger partial charge on any atom is 0.359 e. The van der Waals surface area contributed by atoms with Crippen molar-refractivity contribution >= 4 is 5.97 Å². The number of carbonyl (C=O) groups is 1. The van der Waals surface area contributed by atoms with Crippen LogP contribution >= 0.6 is 0 Å². The maximum absolute atomic E-state index is 10.7. The Morgan fingerprint density at radius 2 is 2.00 bits per heavy atom. The van der Waals surface area contributed by atoms with Crippen LogP contribution in [-0.4, -0.2) is 19.1 Å². The molecule has 0 saturated carbocycles. The minimum absolute atomic E-state index is 0.0719. The van der Waals surface area contributed by atoms with Crippen LogP contribution in [0.4, 0.5) is 0 Å². The molecule has 0 spiro atoms. The molecule has 4 nitrogen and oxygen atoms in total. The van der Waals surface area contributed by atoms with Crippen LogP contribution in [0, 0.1) is 5.92 Å². The Balaban J connectivity index is 3.71. The summed E-state index contributed by atoms with van der Waals surface area (Å²) in [6.07, 6.45) is 0. The number of rotatable bonds is 3. The molecule has 0 aliphatic heterocycles. The third-order valence-corrected chi connectivity index (χ3v) is 1.16. The van der Waals surface area contributed by atoms with Crippen LogP contribution in [0.3, 0.4) is 0 Å². The smallest absolute Gasteiger partial charge is 0.318 e. The highest BCUT2D eigenvalue weighted by atomic mass is 17.2. The third kappa shape index (κ3) is 2.80. The summed E-state index contributed by atoms with van der Waals surface area (Å²) in [5.41, 5.74) is 5.39. The van der Waals surface area contributed by atoms with Crippen molar-refractivity contribution in [2.45, 2.75) is 19.9 Å². The van der Waals surface area contributed by atoms with Gasteiger partial charge >= 0.3 is 5.97 Å². The van der Waals surface area contributed by atoms with E-state index in [0.717, 1.165) is 0 Å². The van der Waals surface area contributed by atoms with Crippen molar-refractivity contribution in [3.63, 3.8) is 0 Å². The lowest BCUT2D eigenvalue weighted by Gasteiger charge is -2.11. The average Bonchev–Trinajstić information content (AvgIpc) is 1.87. The Morgan fingerprint density at radius 3 is 2.30 bits per heavy atom. The number of hydrogen-bond donors (Lipinski definition) is 1. The third-order valence-electron chi connectivity index (χ3n) is 1.16. The highest BCUT2D eigenvalue weighted by Gasteiger charge is 2.18. The van der Waals surface area contributed by atoms with Crippen LogP contribution in [0.15, 0.2) is 0 Å². The van der Waals surface area contributed by atoms with Gasteiger partial charge in [-0.25, -0.2) is 4.79 Å². The first-order valence-corrected chi connectivity index (χ1v) is 3.09. The van der Waals surface area contributed by atoms with Crippen molar-refractivity contribution in [1.29, 1.82) is 0 Å². The van der Waals surface area contributed by atoms with Gasteiger partial charge in [0.05, 0.1) is 7.11 Å². The van der Waals surface area contributed by atoms with Crippen LogP contribution in [0.5, 0.6) is 0 Å². The van der Waals surface area contributed by atoms with Crippen molar-refractivity contribution in [2.75, 3.05) is 7.11 Å². The van der Waals surface area contributed by atoms with Crippen molar-refractivity contribution in [3.8, 4) is 0 Å². The van der Waals surface area contributed by atoms with Crippen molar-refractivity contribution in [1.82, 2.24) is 0 Å². The molecule has 0 rings (SSSR count). The van der Waals surface area contributed by atoms with Gasteiger partial charge in [0.15, 0.2) is 0 Å². The van der Waals surface area contributed by atoms with E-state index in [1.807, 2.05) is 13.8 Å². The quantitative estimate of drug-likeness (QED) is 0.453. The minimum atomic E-state index is -0.597. The first kappa shape index (κ1) is 9.39. The normalized spacial score (nSPS) is 13.3. The molecule has 0 heterocycles. The second kappa shape index (κ2) is 4.24. The van der Waals surface area contributed by atoms with Crippen molar-refractivity contribution < 1.29 is 14.6 Å². The van der Waals surface area contributed by atoms with Crippen LogP contribution < -0.4 is 5.73 Å². The van der Waals surface area contributed by atoms with Crippen LogP contribution in [0.1, 0.15) is 13.8 Å². The van der Waals surface area contributed by atoms with E-state index >= 15 is 0 Å². The van der Waals surface area contributed by atoms with Gasteiger partial charge in [0.25, 0.3) is 0 Å². The molecule has 2 N–H and O–H groups in total. The average molecular weight is 147 g/mol. The van der Waals surface area contributed by atoms with Gasteiger partial charge in [-0.05, 0) is 5.92 Å². The zero-order valence-corrected chi connectivity index (χ0v) is 6.46. The van der Waals surface area contributed by atoms with Crippen molar-refractivity contribution in [2.24, 2.45) is 11.7 Å². The van der Waals surface area contributed by atoms with E-state index in [-0.39, 0.29) is 5.92 Å². The van der Waals surface area contributed by atoms with E-state index in [1.54, 1.807) is 0 Å². The predicted molar refractivity (Wildman–Crippen MR) is 35.9 cm³/mol. The van der Waals surface area contributed by atoms with Gasteiger partial charge in [-0.2, -0.15) is 4.89 Å². The lowest BCUT2D eigenvalue weighted by molar-refractivity contribution is -0.257. The van der Waals surface area contributed by atoms with Crippen LogP contribution in [0.2, 0.25) is 0 Å². The van der Waals surface area contributed by atoms with Gasteiger partial charge in [-0.1, -0.05) is 13.8 Å². The molecular formula is C6H13NO3. The molecule has 0 aliphatic rings. The highest BCUT2D eigenvalue weighted by molar-refractivity contribution is 5.75.